The fourth-order valence-electron chi connectivity index (χ4n) is 4.12. The number of sulfonamides is 1. The average molecular weight is 502 g/mol. The molecule has 182 valence electrons. The van der Waals surface area contributed by atoms with Crippen molar-refractivity contribution in [3.63, 3.8) is 0 Å². The van der Waals surface area contributed by atoms with E-state index in [4.69, 9.17) is 11.6 Å². The minimum atomic E-state index is -3.86. The molecule has 0 spiro atoms. The lowest BCUT2D eigenvalue weighted by atomic mass is 10.1. The molecule has 1 amide bonds. The van der Waals surface area contributed by atoms with E-state index >= 15 is 0 Å². The zero-order valence-electron chi connectivity index (χ0n) is 20.2. The van der Waals surface area contributed by atoms with Crippen molar-refractivity contribution in [3.8, 4) is 11.8 Å². The van der Waals surface area contributed by atoms with Crippen molar-refractivity contribution in [2.75, 3.05) is 31.0 Å². The number of aryl methyl sites for hydroxylation is 2. The maximum atomic E-state index is 13.4. The van der Waals surface area contributed by atoms with Gasteiger partial charge < -0.3 is 10.2 Å². The standard InChI is InChI=1S/C26H32ClN3O3S/c1-19-17-25(20(2)16-23(19)27)34(32,33)29(4)24-11-7-6-10-22(24)12-13-26(31)28-21(3)18-30-14-8-5-9-15-30/h6-7,10-11,16-17,21H,5,8-9,14-15,18H2,1-4H3,(H,28,31)/t21-/m0/s1. The Hall–Kier alpha value is -2.53. The zero-order chi connectivity index (χ0) is 24.9. The normalized spacial score (nSPS) is 15.2. The Morgan fingerprint density at radius 3 is 2.53 bits per heavy atom. The van der Waals surface area contributed by atoms with E-state index in [2.05, 4.69) is 22.1 Å². The van der Waals surface area contributed by atoms with Crippen LogP contribution in [-0.2, 0) is 14.8 Å². The summed E-state index contributed by atoms with van der Waals surface area (Å²) in [6.45, 7) is 8.38. The van der Waals surface area contributed by atoms with Crippen molar-refractivity contribution in [2.24, 2.45) is 0 Å². The van der Waals surface area contributed by atoms with E-state index in [9.17, 15) is 13.2 Å². The quantitative estimate of drug-likeness (QED) is 0.604. The van der Waals surface area contributed by atoms with Crippen LogP contribution in [0.4, 0.5) is 5.69 Å². The van der Waals surface area contributed by atoms with Gasteiger partial charge in [0.15, 0.2) is 0 Å². The molecule has 0 saturated carbocycles. The second-order valence-corrected chi connectivity index (χ2v) is 11.2. The first kappa shape index (κ1) is 26.1. The third-order valence-electron chi connectivity index (χ3n) is 6.01. The molecule has 0 unspecified atom stereocenters. The Kier molecular flexibility index (Phi) is 8.64. The van der Waals surface area contributed by atoms with E-state index in [0.29, 0.717) is 27.4 Å². The van der Waals surface area contributed by atoms with Crippen LogP contribution in [0.1, 0.15) is 42.9 Å². The molecular weight excluding hydrogens is 470 g/mol. The number of likely N-dealkylation sites (tertiary alicyclic amines) is 1. The van der Waals surface area contributed by atoms with Gasteiger partial charge >= 0.3 is 0 Å². The summed E-state index contributed by atoms with van der Waals surface area (Å²) < 4.78 is 28.0. The first-order chi connectivity index (χ1) is 16.1. The monoisotopic (exact) mass is 501 g/mol. The summed E-state index contributed by atoms with van der Waals surface area (Å²) in [5.41, 5.74) is 2.10. The SMILES string of the molecule is Cc1cc(S(=O)(=O)N(C)c2ccccc2C#CC(=O)N[C@@H](C)CN2CCCCC2)c(C)cc1Cl. The van der Waals surface area contributed by atoms with Gasteiger partial charge in [-0.05, 0) is 82.1 Å². The Balaban J connectivity index is 1.78. The van der Waals surface area contributed by atoms with Crippen molar-refractivity contribution < 1.29 is 13.2 Å². The van der Waals surface area contributed by atoms with Crippen LogP contribution < -0.4 is 9.62 Å². The summed E-state index contributed by atoms with van der Waals surface area (Å²) in [7, 11) is -2.37. The second kappa shape index (κ2) is 11.3. The number of anilines is 1. The molecule has 0 bridgehead atoms. The predicted molar refractivity (Wildman–Crippen MR) is 138 cm³/mol. The smallest absolute Gasteiger partial charge is 0.296 e. The van der Waals surface area contributed by atoms with Gasteiger partial charge in [0, 0.05) is 36.1 Å². The van der Waals surface area contributed by atoms with Crippen LogP contribution in [0, 0.1) is 25.7 Å². The van der Waals surface area contributed by atoms with Gasteiger partial charge in [0.1, 0.15) is 0 Å². The van der Waals surface area contributed by atoms with E-state index < -0.39 is 10.0 Å². The number of rotatable bonds is 6. The highest BCUT2D eigenvalue weighted by Gasteiger charge is 2.25. The molecule has 0 aliphatic carbocycles. The number of hydrogen-bond donors (Lipinski definition) is 1. The number of nitrogens with zero attached hydrogens (tertiary/aromatic N) is 2. The first-order valence-corrected chi connectivity index (χ1v) is 13.3. The fourth-order valence-corrected chi connectivity index (χ4v) is 5.85. The van der Waals surface area contributed by atoms with Crippen molar-refractivity contribution in [2.45, 2.75) is 51.0 Å². The molecule has 1 aliphatic rings. The van der Waals surface area contributed by atoms with Crippen molar-refractivity contribution in [3.05, 3.63) is 58.1 Å². The van der Waals surface area contributed by atoms with E-state index in [1.807, 2.05) is 6.92 Å². The Bertz CT molecular complexity index is 1210. The second-order valence-electron chi connectivity index (χ2n) is 8.84. The lowest BCUT2D eigenvalue weighted by molar-refractivity contribution is -0.116. The number of amides is 1. The van der Waals surface area contributed by atoms with E-state index in [1.165, 1.54) is 30.6 Å². The molecular formula is C26H32ClN3O3S. The Labute approximate surface area is 208 Å². The van der Waals surface area contributed by atoms with Gasteiger partial charge in [0.25, 0.3) is 15.9 Å². The third kappa shape index (κ3) is 6.32. The zero-order valence-corrected chi connectivity index (χ0v) is 21.8. The number of benzene rings is 2. The summed E-state index contributed by atoms with van der Waals surface area (Å²) >= 11 is 6.15. The van der Waals surface area contributed by atoms with Crippen molar-refractivity contribution >= 4 is 33.2 Å². The maximum absolute atomic E-state index is 13.4. The molecule has 8 heteroatoms. The number of hydrogen-bond acceptors (Lipinski definition) is 4. The molecule has 0 radical (unpaired) electrons. The largest absolute Gasteiger partial charge is 0.342 e. The van der Waals surface area contributed by atoms with E-state index in [0.717, 1.165) is 19.6 Å². The molecule has 1 heterocycles. The molecule has 2 aromatic carbocycles. The Morgan fingerprint density at radius 1 is 1.15 bits per heavy atom. The van der Waals surface area contributed by atoms with Gasteiger partial charge in [-0.1, -0.05) is 36.1 Å². The average Bonchev–Trinajstić information content (AvgIpc) is 2.80. The van der Waals surface area contributed by atoms with Crippen LogP contribution in [0.2, 0.25) is 5.02 Å². The maximum Gasteiger partial charge on any atom is 0.296 e. The van der Waals surface area contributed by atoms with Crippen LogP contribution in [-0.4, -0.2) is 51.9 Å². The summed E-state index contributed by atoms with van der Waals surface area (Å²) in [4.78, 5) is 15.0. The lowest BCUT2D eigenvalue weighted by Gasteiger charge is -2.29. The highest BCUT2D eigenvalue weighted by Crippen LogP contribution is 2.29. The van der Waals surface area contributed by atoms with Gasteiger partial charge in [0.05, 0.1) is 10.6 Å². The number of carbonyl (C=O) groups excluding carboxylic acids is 1. The molecule has 2 aromatic rings. The molecule has 1 fully saturated rings. The van der Waals surface area contributed by atoms with Gasteiger partial charge in [-0.15, -0.1) is 0 Å². The predicted octanol–water partition coefficient (Wildman–Crippen LogP) is 4.12. The summed E-state index contributed by atoms with van der Waals surface area (Å²) in [6, 6.07) is 10.1. The number of nitrogens with one attached hydrogen (secondary N) is 1. The van der Waals surface area contributed by atoms with E-state index in [1.54, 1.807) is 50.2 Å². The third-order valence-corrected chi connectivity index (χ3v) is 8.33. The van der Waals surface area contributed by atoms with Gasteiger partial charge in [-0.3, -0.25) is 9.10 Å². The molecule has 1 aliphatic heterocycles. The molecule has 3 rings (SSSR count). The number of halogens is 1. The van der Waals surface area contributed by atoms with Gasteiger partial charge in [0.2, 0.25) is 0 Å². The molecule has 34 heavy (non-hydrogen) atoms. The summed E-state index contributed by atoms with van der Waals surface area (Å²) in [6.07, 6.45) is 3.66. The van der Waals surface area contributed by atoms with Crippen molar-refractivity contribution in [1.82, 2.24) is 10.2 Å². The molecule has 6 nitrogen and oxygen atoms in total. The molecule has 1 saturated heterocycles. The number of piperidine rings is 1. The summed E-state index contributed by atoms with van der Waals surface area (Å²) in [5.74, 6) is 5.10. The number of carbonyl (C=O) groups is 1. The number of para-hydroxylation sites is 1. The highest BCUT2D eigenvalue weighted by atomic mass is 35.5. The fraction of sp³-hybridized carbons (Fsp3) is 0.423. The molecule has 1 atom stereocenters. The summed E-state index contributed by atoms with van der Waals surface area (Å²) in [5, 5.41) is 3.44. The minimum absolute atomic E-state index is 0.0192. The highest BCUT2D eigenvalue weighted by molar-refractivity contribution is 7.92. The van der Waals surface area contributed by atoms with Crippen molar-refractivity contribution in [1.29, 1.82) is 0 Å². The van der Waals surface area contributed by atoms with Crippen LogP contribution >= 0.6 is 11.6 Å². The van der Waals surface area contributed by atoms with Gasteiger partial charge in [-0.2, -0.15) is 0 Å². The first-order valence-electron chi connectivity index (χ1n) is 11.5. The molecule has 1 N–H and O–H groups in total. The molecule has 0 aromatic heterocycles. The Morgan fingerprint density at radius 2 is 1.82 bits per heavy atom. The van der Waals surface area contributed by atoms with E-state index in [-0.39, 0.29) is 16.8 Å². The minimum Gasteiger partial charge on any atom is -0.342 e. The lowest BCUT2D eigenvalue weighted by Crippen LogP contribution is -2.43. The van der Waals surface area contributed by atoms with Crippen LogP contribution in [0.5, 0.6) is 0 Å². The van der Waals surface area contributed by atoms with Crippen LogP contribution in [0.15, 0.2) is 41.3 Å². The topological polar surface area (TPSA) is 69.7 Å². The van der Waals surface area contributed by atoms with Crippen LogP contribution in [0.3, 0.4) is 0 Å². The van der Waals surface area contributed by atoms with Gasteiger partial charge in [-0.25, -0.2) is 8.42 Å². The van der Waals surface area contributed by atoms with Crippen LogP contribution in [0.25, 0.3) is 0 Å².